The Morgan fingerprint density at radius 1 is 1.55 bits per heavy atom. The highest BCUT2D eigenvalue weighted by molar-refractivity contribution is 8.77. The predicted octanol–water partition coefficient (Wildman–Crippen LogP) is 1.68. The lowest BCUT2D eigenvalue weighted by Crippen LogP contribution is -2.35. The Labute approximate surface area is 142 Å². The molecule has 5 nitrogen and oxygen atoms in total. The van der Waals surface area contributed by atoms with E-state index in [-0.39, 0.29) is 35.5 Å². The van der Waals surface area contributed by atoms with Crippen LogP contribution in [0.4, 0.5) is 0 Å². The lowest BCUT2D eigenvalue weighted by atomic mass is 9.96. The summed E-state index contributed by atoms with van der Waals surface area (Å²) in [6.07, 6.45) is 1.53. The van der Waals surface area contributed by atoms with Gasteiger partial charge in [0.05, 0.1) is 12.2 Å². The van der Waals surface area contributed by atoms with Crippen LogP contribution in [-0.2, 0) is 14.3 Å². The molecule has 1 fully saturated rings. The monoisotopic (exact) mass is 347 g/mol. The molecule has 22 heavy (non-hydrogen) atoms. The van der Waals surface area contributed by atoms with Crippen molar-refractivity contribution in [2.75, 3.05) is 19.1 Å². The van der Waals surface area contributed by atoms with Gasteiger partial charge in [-0.1, -0.05) is 28.5 Å². The molecule has 1 aliphatic rings. The molecule has 2 radical (unpaired) electrons. The van der Waals surface area contributed by atoms with Crippen LogP contribution in [-0.4, -0.2) is 60.9 Å². The fourth-order valence-corrected chi connectivity index (χ4v) is 4.24. The van der Waals surface area contributed by atoms with Gasteiger partial charge in [-0.3, -0.25) is 4.79 Å². The molecule has 3 atom stereocenters. The fourth-order valence-electron chi connectivity index (χ4n) is 2.07. The summed E-state index contributed by atoms with van der Waals surface area (Å²) >= 11 is 0. The molecule has 0 saturated carbocycles. The number of aliphatic hydroxyl groups is 1. The summed E-state index contributed by atoms with van der Waals surface area (Å²) in [5, 5.41) is 11.9. The van der Waals surface area contributed by atoms with E-state index >= 15 is 0 Å². The first-order valence-electron chi connectivity index (χ1n) is 7.58. The molecule has 0 aliphatic carbocycles. The third-order valence-electron chi connectivity index (χ3n) is 3.29. The predicted molar refractivity (Wildman–Crippen MR) is 93.0 cm³/mol. The van der Waals surface area contributed by atoms with Gasteiger partial charge < -0.3 is 19.9 Å². The van der Waals surface area contributed by atoms with E-state index in [0.717, 1.165) is 0 Å². The Balaban J connectivity index is 2.21. The van der Waals surface area contributed by atoms with Crippen LogP contribution < -0.4 is 5.32 Å². The smallest absolute Gasteiger partial charge is 0.219 e. The number of hydrogen-bond donors (Lipinski definition) is 2. The van der Waals surface area contributed by atoms with Crippen LogP contribution in [0.5, 0.6) is 0 Å². The maximum atomic E-state index is 11.3. The van der Waals surface area contributed by atoms with E-state index in [1.54, 1.807) is 21.6 Å². The molecule has 0 spiro atoms. The molecule has 8 heteroatoms. The second-order valence-corrected chi connectivity index (χ2v) is 8.83. The van der Waals surface area contributed by atoms with Crippen molar-refractivity contribution < 1.29 is 19.4 Å². The minimum Gasteiger partial charge on any atom is -0.396 e. The Morgan fingerprint density at radius 2 is 2.27 bits per heavy atom. The number of carbonyl (C=O) groups excluding carboxylic acids is 1. The van der Waals surface area contributed by atoms with Crippen LogP contribution >= 0.6 is 21.6 Å². The first kappa shape index (κ1) is 20.2. The van der Waals surface area contributed by atoms with E-state index in [0.29, 0.717) is 31.7 Å². The van der Waals surface area contributed by atoms with E-state index in [4.69, 9.17) is 22.4 Å². The van der Waals surface area contributed by atoms with E-state index in [1.165, 1.54) is 0 Å². The SMILES string of the molecule is [B][C@H]1C[C@@H](OCSSC(C)(C)CNC(=O)CC)C(CCO)O1. The van der Waals surface area contributed by atoms with Gasteiger partial charge in [-0.15, -0.1) is 0 Å². The summed E-state index contributed by atoms with van der Waals surface area (Å²) < 4.78 is 11.3. The maximum Gasteiger partial charge on any atom is 0.219 e. The molecule has 2 N–H and O–H groups in total. The number of nitrogens with one attached hydrogen (secondary N) is 1. The number of rotatable bonds is 10. The summed E-state index contributed by atoms with van der Waals surface area (Å²) in [7, 11) is 9.06. The number of amides is 1. The number of hydrogen-bond acceptors (Lipinski definition) is 6. The second kappa shape index (κ2) is 10.1. The van der Waals surface area contributed by atoms with Gasteiger partial charge in [0.1, 0.15) is 13.8 Å². The van der Waals surface area contributed by atoms with Gasteiger partial charge in [0.2, 0.25) is 5.91 Å². The fraction of sp³-hybridized carbons (Fsp3) is 0.929. The van der Waals surface area contributed by atoms with Gasteiger partial charge in [0, 0.05) is 30.3 Å². The molecule has 1 aliphatic heterocycles. The van der Waals surface area contributed by atoms with Gasteiger partial charge in [-0.2, -0.15) is 0 Å². The minimum absolute atomic E-state index is 0.0573. The molecular weight excluding hydrogens is 321 g/mol. The molecule has 1 heterocycles. The normalized spacial score (nSPS) is 25.4. The zero-order valence-electron chi connectivity index (χ0n) is 13.5. The van der Waals surface area contributed by atoms with Crippen LogP contribution in [0.25, 0.3) is 0 Å². The first-order valence-corrected chi connectivity index (χ1v) is 9.90. The zero-order valence-corrected chi connectivity index (χ0v) is 15.2. The zero-order chi connectivity index (χ0) is 16.6. The maximum absolute atomic E-state index is 11.3. The Kier molecular flexibility index (Phi) is 9.24. The van der Waals surface area contributed by atoms with Crippen molar-refractivity contribution in [3.63, 3.8) is 0 Å². The number of carbonyl (C=O) groups is 1. The highest BCUT2D eigenvalue weighted by Gasteiger charge is 2.33. The largest absolute Gasteiger partial charge is 0.396 e. The van der Waals surface area contributed by atoms with Crippen molar-refractivity contribution in [1.29, 1.82) is 0 Å². The lowest BCUT2D eigenvalue weighted by Gasteiger charge is -2.24. The lowest BCUT2D eigenvalue weighted by molar-refractivity contribution is -0.120. The van der Waals surface area contributed by atoms with Crippen LogP contribution in [0.3, 0.4) is 0 Å². The number of aliphatic hydroxyl groups excluding tert-OH is 1. The molecular formula is C14H26BNO4S2. The average Bonchev–Trinajstić information content (AvgIpc) is 2.81. The molecule has 1 rings (SSSR count). The topological polar surface area (TPSA) is 67.8 Å². The van der Waals surface area contributed by atoms with Crippen molar-refractivity contribution in [1.82, 2.24) is 5.32 Å². The Bertz CT molecular complexity index is 347. The summed E-state index contributed by atoms with van der Waals surface area (Å²) in [5.74, 6) is 0.595. The standard InChI is InChI=1S/C14H26BNO4S2/c1-4-13(18)16-8-14(2,3)22-21-9-19-11-7-12(15)20-10(11)5-6-17/h10-12,17H,4-9H2,1-3H3,(H,16,18)/t10?,11-,12-/m1/s1. The van der Waals surface area contributed by atoms with Crippen LogP contribution in [0, 0.1) is 0 Å². The Morgan fingerprint density at radius 3 is 2.91 bits per heavy atom. The summed E-state index contributed by atoms with van der Waals surface area (Å²) in [6, 6.07) is -0.306. The minimum atomic E-state index is -0.306. The van der Waals surface area contributed by atoms with Gasteiger partial charge in [0.15, 0.2) is 0 Å². The average molecular weight is 347 g/mol. The second-order valence-electron chi connectivity index (χ2n) is 5.88. The number of ether oxygens (including phenoxy) is 2. The first-order chi connectivity index (χ1) is 10.4. The molecule has 0 aromatic carbocycles. The molecule has 1 amide bonds. The quantitative estimate of drug-likeness (QED) is 0.271. The van der Waals surface area contributed by atoms with E-state index in [2.05, 4.69) is 19.2 Å². The summed E-state index contributed by atoms with van der Waals surface area (Å²) in [6.45, 7) is 6.72. The van der Waals surface area contributed by atoms with Crippen molar-refractivity contribution >= 4 is 35.3 Å². The summed E-state index contributed by atoms with van der Waals surface area (Å²) in [4.78, 5) is 11.3. The molecule has 0 aromatic heterocycles. The van der Waals surface area contributed by atoms with E-state index in [1.807, 2.05) is 6.92 Å². The molecule has 0 aromatic rings. The highest BCUT2D eigenvalue weighted by Crippen LogP contribution is 2.36. The molecule has 1 unspecified atom stereocenters. The molecule has 1 saturated heterocycles. The highest BCUT2D eigenvalue weighted by atomic mass is 33.1. The van der Waals surface area contributed by atoms with Crippen LogP contribution in [0.2, 0.25) is 0 Å². The van der Waals surface area contributed by atoms with Crippen molar-refractivity contribution in [2.24, 2.45) is 0 Å². The Hall–Kier alpha value is 0.115. The van der Waals surface area contributed by atoms with Crippen molar-refractivity contribution in [3.8, 4) is 0 Å². The molecule has 0 bridgehead atoms. The van der Waals surface area contributed by atoms with Gasteiger partial charge in [-0.05, 0) is 26.7 Å². The third kappa shape index (κ3) is 7.59. The van der Waals surface area contributed by atoms with Crippen LogP contribution in [0.1, 0.15) is 40.0 Å². The van der Waals surface area contributed by atoms with Gasteiger partial charge in [-0.25, -0.2) is 0 Å². The van der Waals surface area contributed by atoms with Crippen LogP contribution in [0.15, 0.2) is 0 Å². The van der Waals surface area contributed by atoms with Gasteiger partial charge >= 0.3 is 0 Å². The van der Waals surface area contributed by atoms with Gasteiger partial charge in [0.25, 0.3) is 0 Å². The van der Waals surface area contributed by atoms with E-state index < -0.39 is 0 Å². The van der Waals surface area contributed by atoms with Crippen molar-refractivity contribution in [3.05, 3.63) is 0 Å². The molecule has 126 valence electrons. The summed E-state index contributed by atoms with van der Waals surface area (Å²) in [5.41, 5.74) is 0. The third-order valence-corrected chi connectivity index (χ3v) is 6.23. The van der Waals surface area contributed by atoms with Crippen molar-refractivity contribution in [2.45, 2.75) is 63.0 Å². The van der Waals surface area contributed by atoms with E-state index in [9.17, 15) is 4.79 Å².